The molecule has 0 N–H and O–H groups in total. The molecule has 75 heavy (non-hydrogen) atoms. The van der Waals surface area contributed by atoms with Gasteiger partial charge >= 0.3 is 0 Å². The molecule has 0 unspecified atom stereocenters. The minimum Gasteiger partial charge on any atom is -0.309 e. The molecular weight excluding hydrogens is 913 g/mol. The molecule has 0 atom stereocenters. The molecule has 0 amide bonds. The van der Waals surface area contributed by atoms with Gasteiger partial charge in [-0.1, -0.05) is 146 Å². The Balaban J connectivity index is 1.18. The Morgan fingerprint density at radius 2 is 0.653 bits per heavy atom. The molecule has 0 bridgehead atoms. The standard InChI is InChI=1S/C69H42N6/c1-43-66(74-58-24-12-8-20-50(58)52-36-38-62-64(68(52)74)54-22-10-14-26-60(54)72(62)48-16-4-2-5-17-48)56(46-32-28-44(41-70)29-33-46)40-57(47-34-30-45(42-71)31-35-47)67(43)75-59-25-13-9-21-51(59)53-37-39-63-65(69(53)75)55-23-11-15-27-61(55)73(63)49-18-6-3-7-19-49/h2-40H,1H3. The number of hydrogen-bond donors (Lipinski definition) is 0. The third kappa shape index (κ3) is 6.06. The largest absolute Gasteiger partial charge is 0.309 e. The Morgan fingerprint density at radius 1 is 0.307 bits per heavy atom. The van der Waals surface area contributed by atoms with Crippen LogP contribution in [-0.4, -0.2) is 18.3 Å². The normalized spacial score (nSPS) is 11.8. The average molecular weight is 955 g/mol. The maximum Gasteiger partial charge on any atom is 0.0991 e. The van der Waals surface area contributed by atoms with Crippen molar-refractivity contribution in [1.29, 1.82) is 10.5 Å². The maximum absolute atomic E-state index is 10.1. The van der Waals surface area contributed by atoms with Crippen molar-refractivity contribution < 1.29 is 0 Å². The van der Waals surface area contributed by atoms with Crippen LogP contribution >= 0.6 is 0 Å². The Hall–Kier alpha value is -10.4. The van der Waals surface area contributed by atoms with Crippen molar-refractivity contribution in [1.82, 2.24) is 18.3 Å². The number of aromatic nitrogens is 4. The summed E-state index contributed by atoms with van der Waals surface area (Å²) in [6.07, 6.45) is 0. The van der Waals surface area contributed by atoms with E-state index >= 15 is 0 Å². The monoisotopic (exact) mass is 954 g/mol. The van der Waals surface area contributed by atoms with Crippen molar-refractivity contribution in [3.63, 3.8) is 0 Å². The van der Waals surface area contributed by atoms with E-state index in [-0.39, 0.29) is 0 Å². The molecule has 4 heterocycles. The first kappa shape index (κ1) is 42.3. The molecule has 15 aromatic rings. The molecule has 0 fully saturated rings. The topological polar surface area (TPSA) is 67.3 Å². The van der Waals surface area contributed by atoms with Gasteiger partial charge in [-0.15, -0.1) is 0 Å². The number of nitrogens with zero attached hydrogens (tertiary/aromatic N) is 6. The first-order valence-corrected chi connectivity index (χ1v) is 25.3. The summed E-state index contributed by atoms with van der Waals surface area (Å²) in [5, 5.41) is 29.5. The molecule has 0 aliphatic carbocycles. The van der Waals surface area contributed by atoms with Gasteiger partial charge in [0, 0.05) is 65.6 Å². The molecule has 348 valence electrons. The number of benzene rings is 11. The summed E-state index contributed by atoms with van der Waals surface area (Å²) in [4.78, 5) is 0. The van der Waals surface area contributed by atoms with E-state index in [0.717, 1.165) is 127 Å². The highest BCUT2D eigenvalue weighted by Crippen LogP contribution is 2.50. The van der Waals surface area contributed by atoms with Crippen LogP contribution in [-0.2, 0) is 0 Å². The lowest BCUT2D eigenvalue weighted by Crippen LogP contribution is -2.08. The van der Waals surface area contributed by atoms with Gasteiger partial charge in [0.2, 0.25) is 0 Å². The van der Waals surface area contributed by atoms with E-state index in [1.165, 1.54) is 10.8 Å². The highest BCUT2D eigenvalue weighted by atomic mass is 15.1. The van der Waals surface area contributed by atoms with Gasteiger partial charge in [0.25, 0.3) is 0 Å². The summed E-state index contributed by atoms with van der Waals surface area (Å²) in [5.41, 5.74) is 19.4. The average Bonchev–Trinajstić information content (AvgIpc) is 4.36. The SMILES string of the molecule is Cc1c(-n2c3ccccc3c3ccc4c(c5ccccc5n4-c4ccccc4)c32)c(-c2ccc(C#N)cc2)cc(-c2ccc(C#N)cc2)c1-n1c2ccccc2c2ccc3c(c4ccccc4n3-c3ccccc3)c21. The molecule has 4 aromatic heterocycles. The van der Waals surface area contributed by atoms with Gasteiger partial charge in [-0.05, 0) is 115 Å². The molecule has 0 aliphatic rings. The second-order valence-corrected chi connectivity index (χ2v) is 19.5. The maximum atomic E-state index is 10.1. The van der Waals surface area contributed by atoms with Crippen LogP contribution in [0.5, 0.6) is 0 Å². The van der Waals surface area contributed by atoms with Crippen LogP contribution in [0.4, 0.5) is 0 Å². The molecular formula is C69H42N6. The van der Waals surface area contributed by atoms with E-state index in [0.29, 0.717) is 11.1 Å². The predicted molar refractivity (Wildman–Crippen MR) is 309 cm³/mol. The number of nitriles is 2. The lowest BCUT2D eigenvalue weighted by atomic mass is 9.90. The molecule has 11 aromatic carbocycles. The number of hydrogen-bond acceptors (Lipinski definition) is 2. The van der Waals surface area contributed by atoms with Crippen molar-refractivity contribution in [2.75, 3.05) is 0 Å². The quantitative estimate of drug-likeness (QED) is 0.167. The van der Waals surface area contributed by atoms with Crippen molar-refractivity contribution >= 4 is 87.2 Å². The van der Waals surface area contributed by atoms with E-state index in [2.05, 4.69) is 250 Å². The summed E-state index contributed by atoms with van der Waals surface area (Å²) in [5.74, 6) is 0. The third-order valence-corrected chi connectivity index (χ3v) is 15.6. The Morgan fingerprint density at radius 3 is 1.04 bits per heavy atom. The lowest BCUT2D eigenvalue weighted by molar-refractivity contribution is 1.10. The van der Waals surface area contributed by atoms with Crippen LogP contribution in [0, 0.1) is 29.6 Å². The zero-order valence-corrected chi connectivity index (χ0v) is 40.7. The smallest absolute Gasteiger partial charge is 0.0991 e. The molecule has 0 aliphatic heterocycles. The van der Waals surface area contributed by atoms with Gasteiger partial charge in [0.05, 0.1) is 78.8 Å². The molecule has 0 saturated heterocycles. The van der Waals surface area contributed by atoms with Crippen molar-refractivity contribution in [3.05, 3.63) is 253 Å². The van der Waals surface area contributed by atoms with E-state index in [9.17, 15) is 10.5 Å². The predicted octanol–water partition coefficient (Wildman–Crippen LogP) is 17.5. The number of fused-ring (bicyclic) bond motifs is 14. The van der Waals surface area contributed by atoms with Gasteiger partial charge < -0.3 is 18.3 Å². The molecule has 6 heteroatoms. The fourth-order valence-electron chi connectivity index (χ4n) is 12.5. The van der Waals surface area contributed by atoms with Gasteiger partial charge in [0.15, 0.2) is 0 Å². The fraction of sp³-hybridized carbons (Fsp3) is 0.0145. The fourth-order valence-corrected chi connectivity index (χ4v) is 12.5. The highest BCUT2D eigenvalue weighted by Gasteiger charge is 2.29. The van der Waals surface area contributed by atoms with E-state index in [1.807, 2.05) is 24.3 Å². The number of rotatable bonds is 6. The van der Waals surface area contributed by atoms with Crippen LogP contribution in [0.2, 0.25) is 0 Å². The summed E-state index contributed by atoms with van der Waals surface area (Å²) in [7, 11) is 0. The zero-order valence-electron chi connectivity index (χ0n) is 40.7. The summed E-state index contributed by atoms with van der Waals surface area (Å²) in [6, 6.07) is 88.9. The minimum atomic E-state index is 0.595. The van der Waals surface area contributed by atoms with Crippen LogP contribution < -0.4 is 0 Å². The lowest BCUT2D eigenvalue weighted by Gasteiger charge is -2.25. The second kappa shape index (κ2) is 16.3. The molecule has 6 nitrogen and oxygen atoms in total. The summed E-state index contributed by atoms with van der Waals surface area (Å²) < 4.78 is 9.87. The molecule has 0 saturated carbocycles. The van der Waals surface area contributed by atoms with E-state index in [1.54, 1.807) is 0 Å². The van der Waals surface area contributed by atoms with Crippen LogP contribution in [0.15, 0.2) is 237 Å². The van der Waals surface area contributed by atoms with Crippen LogP contribution in [0.1, 0.15) is 16.7 Å². The van der Waals surface area contributed by atoms with Crippen LogP contribution in [0.25, 0.3) is 132 Å². The van der Waals surface area contributed by atoms with Crippen molar-refractivity contribution in [3.8, 4) is 57.1 Å². The van der Waals surface area contributed by atoms with Gasteiger partial charge in [-0.25, -0.2) is 0 Å². The highest BCUT2D eigenvalue weighted by molar-refractivity contribution is 6.28. The Kier molecular flexibility index (Phi) is 9.20. The third-order valence-electron chi connectivity index (χ3n) is 15.6. The Bertz CT molecular complexity index is 4630. The summed E-state index contributed by atoms with van der Waals surface area (Å²) >= 11 is 0. The zero-order chi connectivity index (χ0) is 49.9. The van der Waals surface area contributed by atoms with Gasteiger partial charge in [0.1, 0.15) is 0 Å². The van der Waals surface area contributed by atoms with Crippen molar-refractivity contribution in [2.45, 2.75) is 6.92 Å². The Labute approximate surface area is 431 Å². The first-order valence-electron chi connectivity index (χ1n) is 25.3. The van der Waals surface area contributed by atoms with Crippen molar-refractivity contribution in [2.24, 2.45) is 0 Å². The van der Waals surface area contributed by atoms with Crippen LogP contribution in [0.3, 0.4) is 0 Å². The molecule has 15 rings (SSSR count). The van der Waals surface area contributed by atoms with E-state index in [4.69, 9.17) is 0 Å². The van der Waals surface area contributed by atoms with E-state index < -0.39 is 0 Å². The second-order valence-electron chi connectivity index (χ2n) is 19.5. The van der Waals surface area contributed by atoms with Gasteiger partial charge in [-0.2, -0.15) is 10.5 Å². The number of para-hydroxylation sites is 6. The van der Waals surface area contributed by atoms with Gasteiger partial charge in [-0.3, -0.25) is 0 Å². The minimum absolute atomic E-state index is 0.595. The molecule has 0 spiro atoms. The first-order chi connectivity index (χ1) is 37.1. The molecule has 0 radical (unpaired) electrons. The summed E-state index contributed by atoms with van der Waals surface area (Å²) in [6.45, 7) is 2.30.